The van der Waals surface area contributed by atoms with Gasteiger partial charge < -0.3 is 24.7 Å². The first kappa shape index (κ1) is 21.3. The van der Waals surface area contributed by atoms with Crippen molar-refractivity contribution in [2.45, 2.75) is 81.7 Å². The van der Waals surface area contributed by atoms with Crippen molar-refractivity contribution in [3.05, 3.63) is 12.7 Å². The number of aliphatic hydroxyl groups excluding tert-OH is 1. The van der Waals surface area contributed by atoms with Gasteiger partial charge in [-0.05, 0) is 32.6 Å². The van der Waals surface area contributed by atoms with Crippen LogP contribution in [0.25, 0.3) is 0 Å². The Bertz CT molecular complexity index is 735. The van der Waals surface area contributed by atoms with Crippen molar-refractivity contribution >= 4 is 17.8 Å². The number of carbonyl (C=O) groups is 3. The Kier molecular flexibility index (Phi) is 5.66. The number of carboxylic acids is 1. The fourth-order valence-corrected chi connectivity index (χ4v) is 6.32. The maximum absolute atomic E-state index is 14.0. The Morgan fingerprint density at radius 2 is 2.03 bits per heavy atom. The number of hydrogen-bond donors (Lipinski definition) is 2. The molecule has 4 fully saturated rings. The molecule has 2 amide bonds. The van der Waals surface area contributed by atoms with Gasteiger partial charge in [0.25, 0.3) is 0 Å². The van der Waals surface area contributed by atoms with E-state index in [2.05, 4.69) is 6.58 Å². The van der Waals surface area contributed by atoms with Gasteiger partial charge >= 0.3 is 5.97 Å². The molecule has 2 bridgehead atoms. The molecule has 1 saturated carbocycles. The van der Waals surface area contributed by atoms with Crippen LogP contribution in [0.1, 0.15) is 51.9 Å². The average molecular weight is 421 g/mol. The first-order chi connectivity index (χ1) is 14.4. The topological polar surface area (TPSA) is 107 Å². The van der Waals surface area contributed by atoms with Crippen LogP contribution < -0.4 is 0 Å². The van der Waals surface area contributed by atoms with Gasteiger partial charge in [-0.1, -0.05) is 25.3 Å². The van der Waals surface area contributed by atoms with Crippen LogP contribution in [-0.4, -0.2) is 80.8 Å². The SMILES string of the molecule is C=CCN(C(=O)[C@H]1N([C@H](C)CO)C(=O)[C@@H]2[C@@H](C(=O)O)[C@H]3CC[C@]21O3)C1CCCCC1. The fourth-order valence-electron chi connectivity index (χ4n) is 6.32. The van der Waals surface area contributed by atoms with Gasteiger partial charge in [-0.15, -0.1) is 6.58 Å². The standard InChI is InChI=1S/C22H32N2O6/c1-3-11-23(14-7-5-4-6-8-14)20(27)18-22-10-9-15(30-22)16(21(28)29)17(22)19(26)24(18)13(2)12-25/h3,13-18,25H,1,4-12H2,2H3,(H,28,29)/t13-,15-,16+,17+,18-,22+/m1/s1. The molecule has 0 radical (unpaired) electrons. The highest BCUT2D eigenvalue weighted by Crippen LogP contribution is 2.59. The number of likely N-dealkylation sites (tertiary alicyclic amines) is 1. The Balaban J connectivity index is 1.74. The molecule has 0 aromatic carbocycles. The number of aliphatic hydroxyl groups is 1. The first-order valence-electron chi connectivity index (χ1n) is 11.1. The molecule has 4 rings (SSSR count). The lowest BCUT2D eigenvalue weighted by Gasteiger charge is -2.41. The number of ether oxygens (including phenoxy) is 1. The Labute approximate surface area is 176 Å². The molecule has 2 N–H and O–H groups in total. The Morgan fingerprint density at radius 1 is 1.33 bits per heavy atom. The van der Waals surface area contributed by atoms with Crippen LogP contribution in [0.5, 0.6) is 0 Å². The number of rotatable bonds is 7. The Morgan fingerprint density at radius 3 is 2.63 bits per heavy atom. The highest BCUT2D eigenvalue weighted by Gasteiger charge is 2.75. The summed E-state index contributed by atoms with van der Waals surface area (Å²) in [4.78, 5) is 42.6. The summed E-state index contributed by atoms with van der Waals surface area (Å²) >= 11 is 0. The molecule has 0 aromatic heterocycles. The summed E-state index contributed by atoms with van der Waals surface area (Å²) in [5, 5.41) is 19.6. The second-order valence-corrected chi connectivity index (χ2v) is 9.24. The zero-order chi connectivity index (χ0) is 21.6. The monoisotopic (exact) mass is 420 g/mol. The molecule has 166 valence electrons. The van der Waals surface area contributed by atoms with Gasteiger partial charge in [0.2, 0.25) is 11.8 Å². The van der Waals surface area contributed by atoms with Crippen LogP contribution >= 0.6 is 0 Å². The van der Waals surface area contributed by atoms with Crippen LogP contribution in [0.4, 0.5) is 0 Å². The molecule has 3 aliphatic heterocycles. The van der Waals surface area contributed by atoms with E-state index in [-0.39, 0.29) is 24.5 Å². The van der Waals surface area contributed by atoms with Crippen LogP contribution in [0.15, 0.2) is 12.7 Å². The molecule has 8 nitrogen and oxygen atoms in total. The molecule has 3 heterocycles. The van der Waals surface area contributed by atoms with Crippen molar-refractivity contribution in [1.82, 2.24) is 9.80 Å². The number of fused-ring (bicyclic) bond motifs is 1. The second kappa shape index (κ2) is 7.96. The van der Waals surface area contributed by atoms with E-state index in [4.69, 9.17) is 4.74 Å². The van der Waals surface area contributed by atoms with Crippen LogP contribution in [0.3, 0.4) is 0 Å². The van der Waals surface area contributed by atoms with Crippen molar-refractivity contribution < 1.29 is 29.3 Å². The number of hydrogen-bond acceptors (Lipinski definition) is 5. The van der Waals surface area contributed by atoms with Crippen molar-refractivity contribution in [3.8, 4) is 0 Å². The van der Waals surface area contributed by atoms with E-state index in [1.165, 1.54) is 4.90 Å². The Hall–Kier alpha value is -1.93. The molecule has 0 aromatic rings. The van der Waals surface area contributed by atoms with Crippen molar-refractivity contribution in [2.24, 2.45) is 11.8 Å². The maximum atomic E-state index is 14.0. The van der Waals surface area contributed by atoms with E-state index in [1.54, 1.807) is 13.0 Å². The van der Waals surface area contributed by atoms with Crippen LogP contribution in [-0.2, 0) is 19.1 Å². The molecule has 4 aliphatic rings. The minimum absolute atomic E-state index is 0.0787. The third-order valence-electron chi connectivity index (χ3n) is 7.62. The van der Waals surface area contributed by atoms with E-state index in [0.717, 1.165) is 32.1 Å². The molecule has 8 heteroatoms. The molecule has 1 spiro atoms. The largest absolute Gasteiger partial charge is 0.481 e. The van der Waals surface area contributed by atoms with Gasteiger partial charge in [0, 0.05) is 12.6 Å². The molecule has 3 saturated heterocycles. The molecule has 1 aliphatic carbocycles. The highest BCUT2D eigenvalue weighted by atomic mass is 16.5. The third-order valence-corrected chi connectivity index (χ3v) is 7.62. The summed E-state index contributed by atoms with van der Waals surface area (Å²) in [6.45, 7) is 5.58. The number of nitrogens with zero attached hydrogens (tertiary/aromatic N) is 2. The van der Waals surface area contributed by atoms with Gasteiger partial charge in [-0.3, -0.25) is 14.4 Å². The maximum Gasteiger partial charge on any atom is 0.310 e. The molecule has 30 heavy (non-hydrogen) atoms. The fraction of sp³-hybridized carbons (Fsp3) is 0.773. The lowest BCUT2D eigenvalue weighted by molar-refractivity contribution is -0.154. The van der Waals surface area contributed by atoms with E-state index >= 15 is 0 Å². The van der Waals surface area contributed by atoms with Crippen molar-refractivity contribution in [2.75, 3.05) is 13.2 Å². The highest BCUT2D eigenvalue weighted by molar-refractivity contribution is 5.98. The third kappa shape index (κ3) is 2.99. The summed E-state index contributed by atoms with van der Waals surface area (Å²) in [6.07, 6.45) is 7.25. The van der Waals surface area contributed by atoms with E-state index in [1.807, 2.05) is 4.90 Å². The van der Waals surface area contributed by atoms with E-state index in [9.17, 15) is 24.6 Å². The molecular formula is C22H32N2O6. The van der Waals surface area contributed by atoms with Gasteiger partial charge in [-0.2, -0.15) is 0 Å². The summed E-state index contributed by atoms with van der Waals surface area (Å²) in [6, 6.07) is -1.43. The van der Waals surface area contributed by atoms with Gasteiger partial charge in [0.05, 0.1) is 30.6 Å². The summed E-state index contributed by atoms with van der Waals surface area (Å²) in [7, 11) is 0. The van der Waals surface area contributed by atoms with Crippen molar-refractivity contribution in [1.29, 1.82) is 0 Å². The molecule has 0 unspecified atom stereocenters. The molecule has 6 atom stereocenters. The van der Waals surface area contributed by atoms with Gasteiger partial charge in [0.15, 0.2) is 0 Å². The quantitative estimate of drug-likeness (QED) is 0.599. The number of carbonyl (C=O) groups excluding carboxylic acids is 2. The van der Waals surface area contributed by atoms with Gasteiger partial charge in [-0.25, -0.2) is 0 Å². The smallest absolute Gasteiger partial charge is 0.310 e. The molecular weight excluding hydrogens is 388 g/mol. The number of aliphatic carboxylic acids is 1. The summed E-state index contributed by atoms with van der Waals surface area (Å²) in [5.41, 5.74) is -1.13. The zero-order valence-electron chi connectivity index (χ0n) is 17.5. The lowest BCUT2D eigenvalue weighted by Crippen LogP contribution is -2.60. The van der Waals surface area contributed by atoms with E-state index < -0.39 is 41.6 Å². The van der Waals surface area contributed by atoms with Gasteiger partial charge in [0.1, 0.15) is 11.6 Å². The number of amides is 2. The van der Waals surface area contributed by atoms with Crippen LogP contribution in [0.2, 0.25) is 0 Å². The zero-order valence-corrected chi connectivity index (χ0v) is 17.5. The van der Waals surface area contributed by atoms with Crippen molar-refractivity contribution in [3.63, 3.8) is 0 Å². The predicted molar refractivity (Wildman–Crippen MR) is 107 cm³/mol. The minimum Gasteiger partial charge on any atom is -0.481 e. The summed E-state index contributed by atoms with van der Waals surface area (Å²) in [5.74, 6) is -3.47. The normalized spacial score (nSPS) is 36.6. The van der Waals surface area contributed by atoms with E-state index in [0.29, 0.717) is 19.4 Å². The predicted octanol–water partition coefficient (Wildman–Crippen LogP) is 1.17. The average Bonchev–Trinajstić information content (AvgIpc) is 3.39. The van der Waals surface area contributed by atoms with Crippen LogP contribution in [0, 0.1) is 11.8 Å². The minimum atomic E-state index is -1.13. The second-order valence-electron chi connectivity index (χ2n) is 9.24. The number of carboxylic acid groups (broad SMARTS) is 1. The lowest BCUT2D eigenvalue weighted by atomic mass is 9.70. The summed E-state index contributed by atoms with van der Waals surface area (Å²) < 4.78 is 6.20. The first-order valence-corrected chi connectivity index (χ1v) is 11.1.